The Kier molecular flexibility index (Phi) is 6.67. The Morgan fingerprint density at radius 3 is 2.58 bits per heavy atom. The minimum Gasteiger partial charge on any atom is -0.351 e. The number of rotatable bonds is 8. The normalized spacial score (nSPS) is 11.8. The van der Waals surface area contributed by atoms with Gasteiger partial charge in [-0.3, -0.25) is 4.79 Å². The van der Waals surface area contributed by atoms with E-state index in [1.807, 2.05) is 19.9 Å². The molecule has 0 radical (unpaired) electrons. The molecule has 3 rings (SSSR count). The van der Waals surface area contributed by atoms with Crippen LogP contribution < -0.4 is 11.2 Å². The molecule has 2 aromatic heterocycles. The molecule has 0 aliphatic rings. The lowest BCUT2D eigenvalue weighted by molar-refractivity contribution is -0.118. The third kappa shape index (κ3) is 4.89. The first-order valence-corrected chi connectivity index (χ1v) is 11.7. The molecule has 0 saturated carbocycles. The van der Waals surface area contributed by atoms with E-state index in [9.17, 15) is 13.2 Å². The van der Waals surface area contributed by atoms with E-state index in [2.05, 4.69) is 20.6 Å². The molecule has 0 aliphatic carbocycles. The molecule has 11 nitrogen and oxygen atoms in total. The van der Waals surface area contributed by atoms with Crippen LogP contribution in [0.2, 0.25) is 0 Å². The van der Waals surface area contributed by atoms with Crippen molar-refractivity contribution in [2.75, 3.05) is 25.7 Å². The van der Waals surface area contributed by atoms with Gasteiger partial charge in [0.25, 0.3) is 5.95 Å². The van der Waals surface area contributed by atoms with Gasteiger partial charge in [-0.1, -0.05) is 30.0 Å². The van der Waals surface area contributed by atoms with Crippen LogP contribution in [0.1, 0.15) is 17.0 Å². The molecule has 1 aromatic carbocycles. The van der Waals surface area contributed by atoms with Gasteiger partial charge in [0.2, 0.25) is 21.1 Å². The van der Waals surface area contributed by atoms with Crippen LogP contribution in [0.5, 0.6) is 0 Å². The van der Waals surface area contributed by atoms with Crippen molar-refractivity contribution in [3.05, 3.63) is 47.3 Å². The zero-order valence-corrected chi connectivity index (χ0v) is 19.2. The number of amides is 1. The number of sulfonamides is 1. The van der Waals surface area contributed by atoms with Crippen molar-refractivity contribution in [3.8, 4) is 5.95 Å². The van der Waals surface area contributed by atoms with E-state index in [0.717, 1.165) is 27.5 Å². The lowest BCUT2D eigenvalue weighted by Crippen LogP contribution is -2.28. The van der Waals surface area contributed by atoms with E-state index in [0.29, 0.717) is 16.7 Å². The third-order valence-electron chi connectivity index (χ3n) is 4.39. The monoisotopic (exact) mass is 464 g/mol. The first kappa shape index (κ1) is 22.8. The number of benzene rings is 1. The van der Waals surface area contributed by atoms with Crippen LogP contribution >= 0.6 is 11.8 Å². The Morgan fingerprint density at radius 2 is 1.94 bits per heavy atom. The standard InChI is InChI=1S/C18H24N8O3S2/c1-12-9-13(2)26(23-12)17-21-22-18(25(17)19)30-11-16(27)20-10-14-7-5-6-8-15(14)31(28,29)24(3)4/h5-9H,10-11,19H2,1-4H3,(H,20,27). The molecule has 13 heteroatoms. The van der Waals surface area contributed by atoms with Crippen molar-refractivity contribution in [2.24, 2.45) is 0 Å². The number of hydrogen-bond donors (Lipinski definition) is 2. The van der Waals surface area contributed by atoms with E-state index in [1.54, 1.807) is 22.9 Å². The number of nitrogens with two attached hydrogens (primary N) is 1. The molecule has 0 aliphatic heterocycles. The first-order valence-electron chi connectivity index (χ1n) is 9.25. The molecule has 0 bridgehead atoms. The maximum atomic E-state index is 12.5. The molecule has 2 heterocycles. The van der Waals surface area contributed by atoms with Crippen LogP contribution in [0.3, 0.4) is 0 Å². The number of nitrogens with zero attached hydrogens (tertiary/aromatic N) is 6. The Labute approximate surface area is 184 Å². The first-order chi connectivity index (χ1) is 14.6. The second-order valence-electron chi connectivity index (χ2n) is 6.95. The summed E-state index contributed by atoms with van der Waals surface area (Å²) in [4.78, 5) is 12.5. The number of carbonyl (C=O) groups is 1. The van der Waals surface area contributed by atoms with E-state index in [-0.39, 0.29) is 23.1 Å². The average molecular weight is 465 g/mol. The summed E-state index contributed by atoms with van der Waals surface area (Å²) in [6.07, 6.45) is 0. The van der Waals surface area contributed by atoms with Crippen LogP contribution in [0.25, 0.3) is 5.95 Å². The van der Waals surface area contributed by atoms with Crippen molar-refractivity contribution >= 4 is 27.7 Å². The number of carbonyl (C=O) groups excluding carboxylic acids is 1. The van der Waals surface area contributed by atoms with Crippen LogP contribution in [0, 0.1) is 13.8 Å². The van der Waals surface area contributed by atoms with Crippen molar-refractivity contribution in [2.45, 2.75) is 30.4 Å². The maximum Gasteiger partial charge on any atom is 0.271 e. The molecule has 3 N–H and O–H groups in total. The molecule has 0 unspecified atom stereocenters. The largest absolute Gasteiger partial charge is 0.351 e. The van der Waals surface area contributed by atoms with Gasteiger partial charge < -0.3 is 11.2 Å². The number of nitrogen functional groups attached to an aromatic ring is 1. The maximum absolute atomic E-state index is 12.5. The molecular formula is C18H24N8O3S2. The van der Waals surface area contributed by atoms with Crippen LogP contribution in [0.15, 0.2) is 40.4 Å². The quantitative estimate of drug-likeness (QED) is 0.362. The second-order valence-corrected chi connectivity index (χ2v) is 10.0. The van der Waals surface area contributed by atoms with E-state index < -0.39 is 10.0 Å². The van der Waals surface area contributed by atoms with Gasteiger partial charge in [-0.25, -0.2) is 22.1 Å². The number of hydrogen-bond acceptors (Lipinski definition) is 8. The Balaban J connectivity index is 1.63. The van der Waals surface area contributed by atoms with Gasteiger partial charge in [-0.15, -0.1) is 10.2 Å². The van der Waals surface area contributed by atoms with Crippen molar-refractivity contribution in [1.82, 2.24) is 34.3 Å². The summed E-state index contributed by atoms with van der Waals surface area (Å²) in [5.74, 6) is 6.15. The minimum atomic E-state index is -3.61. The Bertz CT molecular complexity index is 1200. The van der Waals surface area contributed by atoms with Crippen molar-refractivity contribution in [3.63, 3.8) is 0 Å². The van der Waals surface area contributed by atoms with Gasteiger partial charge in [0.1, 0.15) is 0 Å². The predicted molar refractivity (Wildman–Crippen MR) is 117 cm³/mol. The molecular weight excluding hydrogens is 440 g/mol. The van der Waals surface area contributed by atoms with Gasteiger partial charge >= 0.3 is 0 Å². The zero-order chi connectivity index (χ0) is 22.8. The molecule has 0 fully saturated rings. The van der Waals surface area contributed by atoms with Gasteiger partial charge in [0, 0.05) is 26.3 Å². The zero-order valence-electron chi connectivity index (χ0n) is 17.6. The smallest absolute Gasteiger partial charge is 0.271 e. The van der Waals surface area contributed by atoms with Gasteiger partial charge in [0.15, 0.2) is 0 Å². The highest BCUT2D eigenvalue weighted by Crippen LogP contribution is 2.19. The highest BCUT2D eigenvalue weighted by Gasteiger charge is 2.21. The van der Waals surface area contributed by atoms with Gasteiger partial charge in [-0.05, 0) is 31.5 Å². The predicted octanol–water partition coefficient (Wildman–Crippen LogP) is 0.453. The van der Waals surface area contributed by atoms with Crippen molar-refractivity contribution < 1.29 is 13.2 Å². The number of aryl methyl sites for hydroxylation is 2. The summed E-state index contributed by atoms with van der Waals surface area (Å²) in [5.41, 5.74) is 2.19. The van der Waals surface area contributed by atoms with Crippen LogP contribution in [0.4, 0.5) is 0 Å². The fourth-order valence-electron chi connectivity index (χ4n) is 2.82. The molecule has 3 aromatic rings. The van der Waals surface area contributed by atoms with Crippen LogP contribution in [-0.4, -0.2) is 63.1 Å². The minimum absolute atomic E-state index is 0.0368. The van der Waals surface area contributed by atoms with Crippen LogP contribution in [-0.2, 0) is 21.4 Å². The molecule has 0 spiro atoms. The fourth-order valence-corrected chi connectivity index (χ4v) is 4.61. The van der Waals surface area contributed by atoms with E-state index in [1.165, 1.54) is 24.8 Å². The van der Waals surface area contributed by atoms with E-state index in [4.69, 9.17) is 5.84 Å². The average Bonchev–Trinajstić information content (AvgIpc) is 3.25. The summed E-state index contributed by atoms with van der Waals surface area (Å²) in [5, 5.41) is 15.5. The lowest BCUT2D eigenvalue weighted by atomic mass is 10.2. The number of thioether (sulfide) groups is 1. The van der Waals surface area contributed by atoms with Crippen molar-refractivity contribution in [1.29, 1.82) is 0 Å². The summed E-state index contributed by atoms with van der Waals surface area (Å²) in [7, 11) is -0.686. The Morgan fingerprint density at radius 1 is 1.23 bits per heavy atom. The third-order valence-corrected chi connectivity index (χ3v) is 7.24. The molecule has 0 saturated heterocycles. The fraction of sp³-hybridized carbons (Fsp3) is 0.333. The molecule has 166 valence electrons. The Hall–Kier alpha value is -2.90. The van der Waals surface area contributed by atoms with Gasteiger partial charge in [0.05, 0.1) is 16.3 Å². The van der Waals surface area contributed by atoms with E-state index >= 15 is 0 Å². The summed E-state index contributed by atoms with van der Waals surface area (Å²) in [6.45, 7) is 3.82. The second kappa shape index (κ2) is 9.08. The lowest BCUT2D eigenvalue weighted by Gasteiger charge is -2.15. The molecule has 0 atom stereocenters. The highest BCUT2D eigenvalue weighted by molar-refractivity contribution is 7.99. The number of aromatic nitrogens is 5. The SMILES string of the molecule is Cc1cc(C)n(-c2nnc(SCC(=O)NCc3ccccc3S(=O)(=O)N(C)C)n2N)n1. The molecule has 1 amide bonds. The summed E-state index contributed by atoms with van der Waals surface area (Å²) in [6, 6.07) is 8.45. The highest BCUT2D eigenvalue weighted by atomic mass is 32.2. The summed E-state index contributed by atoms with van der Waals surface area (Å²) < 4.78 is 28.9. The number of nitrogens with one attached hydrogen (secondary N) is 1. The summed E-state index contributed by atoms with van der Waals surface area (Å²) >= 11 is 1.12. The van der Waals surface area contributed by atoms with Gasteiger partial charge in [-0.2, -0.15) is 5.10 Å². The molecule has 31 heavy (non-hydrogen) atoms. The topological polar surface area (TPSA) is 141 Å².